The fourth-order valence-electron chi connectivity index (χ4n) is 2.20. The van der Waals surface area contributed by atoms with Crippen LogP contribution in [0.15, 0.2) is 0 Å². The van der Waals surface area contributed by atoms with E-state index in [-0.39, 0.29) is 0 Å². The van der Waals surface area contributed by atoms with Gasteiger partial charge >= 0.3 is 0 Å². The van der Waals surface area contributed by atoms with E-state index in [2.05, 4.69) is 38.1 Å². The predicted octanol–water partition coefficient (Wildman–Crippen LogP) is 2.88. The van der Waals surface area contributed by atoms with Gasteiger partial charge in [0.15, 0.2) is 0 Å². The van der Waals surface area contributed by atoms with Gasteiger partial charge in [-0.1, -0.05) is 20.3 Å². The minimum Gasteiger partial charge on any atom is -0.310 e. The first-order valence-electron chi connectivity index (χ1n) is 6.35. The SMILES string of the molecule is CCCCNC(CC)c1c(C)nn(C)c1C. The average molecular weight is 223 g/mol. The van der Waals surface area contributed by atoms with Crippen molar-refractivity contribution >= 4 is 0 Å². The molecular formula is C13H25N3. The van der Waals surface area contributed by atoms with Gasteiger partial charge in [-0.05, 0) is 33.2 Å². The van der Waals surface area contributed by atoms with Crippen molar-refractivity contribution in [2.45, 2.75) is 53.0 Å². The highest BCUT2D eigenvalue weighted by molar-refractivity contribution is 5.28. The number of nitrogens with zero attached hydrogens (tertiary/aromatic N) is 2. The molecule has 0 spiro atoms. The van der Waals surface area contributed by atoms with Crippen molar-refractivity contribution in [3.8, 4) is 0 Å². The highest BCUT2D eigenvalue weighted by atomic mass is 15.3. The fourth-order valence-corrected chi connectivity index (χ4v) is 2.20. The van der Waals surface area contributed by atoms with Crippen molar-refractivity contribution < 1.29 is 0 Å². The van der Waals surface area contributed by atoms with Gasteiger partial charge in [-0.15, -0.1) is 0 Å². The van der Waals surface area contributed by atoms with Gasteiger partial charge < -0.3 is 5.32 Å². The first-order chi connectivity index (χ1) is 7.61. The summed E-state index contributed by atoms with van der Waals surface area (Å²) in [6.45, 7) is 9.81. The number of rotatable bonds is 6. The van der Waals surface area contributed by atoms with Crippen LogP contribution >= 0.6 is 0 Å². The first kappa shape index (κ1) is 13.2. The van der Waals surface area contributed by atoms with E-state index in [9.17, 15) is 0 Å². The number of hydrogen-bond acceptors (Lipinski definition) is 2. The summed E-state index contributed by atoms with van der Waals surface area (Å²) in [7, 11) is 2.02. The van der Waals surface area contributed by atoms with Crippen molar-refractivity contribution in [3.63, 3.8) is 0 Å². The molecule has 1 rings (SSSR count). The van der Waals surface area contributed by atoms with Crippen molar-refractivity contribution in [1.82, 2.24) is 15.1 Å². The van der Waals surface area contributed by atoms with Gasteiger partial charge in [0.1, 0.15) is 0 Å². The van der Waals surface area contributed by atoms with Crippen LogP contribution in [0.25, 0.3) is 0 Å². The van der Waals surface area contributed by atoms with Crippen LogP contribution in [0.5, 0.6) is 0 Å². The van der Waals surface area contributed by atoms with Crippen LogP contribution < -0.4 is 5.32 Å². The molecule has 0 bridgehead atoms. The van der Waals surface area contributed by atoms with Gasteiger partial charge in [0, 0.05) is 24.3 Å². The summed E-state index contributed by atoms with van der Waals surface area (Å²) in [6, 6.07) is 0.459. The summed E-state index contributed by atoms with van der Waals surface area (Å²) in [5.74, 6) is 0. The smallest absolute Gasteiger partial charge is 0.0644 e. The molecule has 0 aliphatic heterocycles. The maximum absolute atomic E-state index is 4.48. The molecule has 3 heteroatoms. The minimum absolute atomic E-state index is 0.459. The van der Waals surface area contributed by atoms with Gasteiger partial charge in [-0.2, -0.15) is 5.10 Å². The second-order valence-electron chi connectivity index (χ2n) is 4.48. The number of unbranched alkanes of at least 4 members (excludes halogenated alkanes) is 1. The highest BCUT2D eigenvalue weighted by Crippen LogP contribution is 2.23. The Hall–Kier alpha value is -0.830. The Kier molecular flexibility index (Phi) is 5.00. The minimum atomic E-state index is 0.459. The van der Waals surface area contributed by atoms with Crippen LogP contribution in [0, 0.1) is 13.8 Å². The molecule has 0 amide bonds. The summed E-state index contributed by atoms with van der Waals surface area (Å²) in [4.78, 5) is 0. The molecule has 3 nitrogen and oxygen atoms in total. The van der Waals surface area contributed by atoms with Crippen molar-refractivity contribution in [1.29, 1.82) is 0 Å². The number of hydrogen-bond donors (Lipinski definition) is 1. The third-order valence-corrected chi connectivity index (χ3v) is 3.24. The first-order valence-corrected chi connectivity index (χ1v) is 6.35. The van der Waals surface area contributed by atoms with Crippen molar-refractivity contribution in [3.05, 3.63) is 17.0 Å². The maximum atomic E-state index is 4.48. The number of nitrogens with one attached hydrogen (secondary N) is 1. The highest BCUT2D eigenvalue weighted by Gasteiger charge is 2.17. The molecule has 0 radical (unpaired) electrons. The van der Waals surface area contributed by atoms with Gasteiger partial charge in [0.05, 0.1) is 5.69 Å². The van der Waals surface area contributed by atoms with Crippen LogP contribution in [-0.2, 0) is 7.05 Å². The molecule has 1 heterocycles. The molecule has 0 saturated carbocycles. The van der Waals surface area contributed by atoms with Crippen LogP contribution in [0.4, 0.5) is 0 Å². The molecule has 0 aliphatic carbocycles. The standard InChI is InChI=1S/C13H25N3/c1-6-8-9-14-12(7-2)13-10(3)15-16(5)11(13)4/h12,14H,6-9H2,1-5H3. The monoisotopic (exact) mass is 223 g/mol. The van der Waals surface area contributed by atoms with E-state index in [4.69, 9.17) is 0 Å². The largest absolute Gasteiger partial charge is 0.310 e. The Morgan fingerprint density at radius 3 is 2.44 bits per heavy atom. The Balaban J connectivity index is 2.78. The van der Waals surface area contributed by atoms with Gasteiger partial charge in [-0.3, -0.25) is 4.68 Å². The molecule has 1 atom stereocenters. The molecule has 16 heavy (non-hydrogen) atoms. The van der Waals surface area contributed by atoms with E-state index in [0.717, 1.165) is 18.7 Å². The van der Waals surface area contributed by atoms with E-state index in [1.165, 1.54) is 24.1 Å². The summed E-state index contributed by atoms with van der Waals surface area (Å²) in [5, 5.41) is 8.11. The third-order valence-electron chi connectivity index (χ3n) is 3.24. The number of aryl methyl sites for hydroxylation is 2. The summed E-state index contributed by atoms with van der Waals surface area (Å²) in [5.41, 5.74) is 3.84. The molecular weight excluding hydrogens is 198 g/mol. The third kappa shape index (κ3) is 2.85. The molecule has 0 aliphatic rings. The summed E-state index contributed by atoms with van der Waals surface area (Å²) >= 11 is 0. The molecule has 0 fully saturated rings. The van der Waals surface area contributed by atoms with Crippen molar-refractivity contribution in [2.75, 3.05) is 6.54 Å². The van der Waals surface area contributed by atoms with E-state index in [1.54, 1.807) is 0 Å². The second kappa shape index (κ2) is 6.04. The van der Waals surface area contributed by atoms with E-state index >= 15 is 0 Å². The predicted molar refractivity (Wildman–Crippen MR) is 68.6 cm³/mol. The lowest BCUT2D eigenvalue weighted by Crippen LogP contribution is -2.22. The molecule has 1 N–H and O–H groups in total. The van der Waals surface area contributed by atoms with E-state index in [1.807, 2.05) is 11.7 Å². The average Bonchev–Trinajstić information content (AvgIpc) is 2.50. The molecule has 1 unspecified atom stereocenters. The lowest BCUT2D eigenvalue weighted by Gasteiger charge is -2.17. The topological polar surface area (TPSA) is 29.9 Å². The summed E-state index contributed by atoms with van der Waals surface area (Å²) in [6.07, 6.45) is 3.61. The molecule has 1 aromatic heterocycles. The van der Waals surface area contributed by atoms with Crippen LogP contribution in [0.2, 0.25) is 0 Å². The van der Waals surface area contributed by atoms with Crippen LogP contribution in [0.3, 0.4) is 0 Å². The van der Waals surface area contributed by atoms with Crippen LogP contribution in [-0.4, -0.2) is 16.3 Å². The quantitative estimate of drug-likeness (QED) is 0.752. The molecule has 0 saturated heterocycles. The lowest BCUT2D eigenvalue weighted by atomic mass is 10.0. The van der Waals surface area contributed by atoms with Gasteiger partial charge in [0.2, 0.25) is 0 Å². The Morgan fingerprint density at radius 2 is 2.00 bits per heavy atom. The van der Waals surface area contributed by atoms with Crippen molar-refractivity contribution in [2.24, 2.45) is 7.05 Å². The zero-order valence-corrected chi connectivity index (χ0v) is 11.3. The molecule has 0 aromatic carbocycles. The van der Waals surface area contributed by atoms with E-state index < -0.39 is 0 Å². The van der Waals surface area contributed by atoms with Gasteiger partial charge in [-0.25, -0.2) is 0 Å². The Bertz CT molecular complexity index is 328. The normalized spacial score (nSPS) is 13.1. The van der Waals surface area contributed by atoms with E-state index in [0.29, 0.717) is 6.04 Å². The molecule has 92 valence electrons. The second-order valence-corrected chi connectivity index (χ2v) is 4.48. The number of aromatic nitrogens is 2. The van der Waals surface area contributed by atoms with Crippen LogP contribution in [0.1, 0.15) is 56.1 Å². The Morgan fingerprint density at radius 1 is 1.31 bits per heavy atom. The van der Waals surface area contributed by atoms with Gasteiger partial charge in [0.25, 0.3) is 0 Å². The zero-order chi connectivity index (χ0) is 12.1. The summed E-state index contributed by atoms with van der Waals surface area (Å²) < 4.78 is 1.98. The molecule has 1 aromatic rings. The maximum Gasteiger partial charge on any atom is 0.0644 e. The Labute approximate surface area is 99.2 Å². The zero-order valence-electron chi connectivity index (χ0n) is 11.3. The lowest BCUT2D eigenvalue weighted by molar-refractivity contribution is 0.503. The fraction of sp³-hybridized carbons (Fsp3) is 0.769.